The predicted molar refractivity (Wildman–Crippen MR) is 92.5 cm³/mol. The first-order valence-corrected chi connectivity index (χ1v) is 9.82. The highest BCUT2D eigenvalue weighted by molar-refractivity contribution is 7.89. The minimum atomic E-state index is -3.53. The molecule has 2 aromatic rings. The van der Waals surface area contributed by atoms with E-state index in [9.17, 15) is 12.8 Å². The fraction of sp³-hybridized carbons (Fsp3) is 0.333. The first-order valence-electron chi connectivity index (χ1n) is 8.38. The SMILES string of the molecule is O=S(=O)(c1ccccc1)N1CCC2NNC(c3ccccc3F)C2C1. The Kier molecular flexibility index (Phi) is 4.33. The van der Waals surface area contributed by atoms with Gasteiger partial charge in [0.2, 0.25) is 10.0 Å². The van der Waals surface area contributed by atoms with Crippen LogP contribution in [0.3, 0.4) is 0 Å². The zero-order chi connectivity index (χ0) is 17.4. The minimum absolute atomic E-state index is 0.0239. The summed E-state index contributed by atoms with van der Waals surface area (Å²) >= 11 is 0. The molecule has 2 heterocycles. The Morgan fingerprint density at radius 1 is 1.00 bits per heavy atom. The molecule has 0 spiro atoms. The molecule has 25 heavy (non-hydrogen) atoms. The van der Waals surface area contributed by atoms with Crippen LogP contribution in [0.1, 0.15) is 18.0 Å². The fourth-order valence-electron chi connectivity index (χ4n) is 3.77. The van der Waals surface area contributed by atoms with Crippen molar-refractivity contribution in [2.45, 2.75) is 23.4 Å². The van der Waals surface area contributed by atoms with Crippen LogP contribution in [0, 0.1) is 11.7 Å². The molecule has 2 aliphatic heterocycles. The molecule has 0 amide bonds. The maximum absolute atomic E-state index is 14.2. The molecule has 0 bridgehead atoms. The van der Waals surface area contributed by atoms with E-state index in [-0.39, 0.29) is 23.8 Å². The summed E-state index contributed by atoms with van der Waals surface area (Å²) in [7, 11) is -3.53. The van der Waals surface area contributed by atoms with Gasteiger partial charge in [0.1, 0.15) is 5.82 Å². The van der Waals surface area contributed by atoms with Crippen LogP contribution in [0.5, 0.6) is 0 Å². The maximum atomic E-state index is 14.2. The number of hydrogen-bond donors (Lipinski definition) is 2. The van der Waals surface area contributed by atoms with Crippen LogP contribution < -0.4 is 10.9 Å². The van der Waals surface area contributed by atoms with Crippen molar-refractivity contribution in [3.05, 3.63) is 66.0 Å². The number of benzene rings is 2. The van der Waals surface area contributed by atoms with Crippen LogP contribution in [0.2, 0.25) is 0 Å². The van der Waals surface area contributed by atoms with E-state index in [4.69, 9.17) is 0 Å². The van der Waals surface area contributed by atoms with Gasteiger partial charge in [0.15, 0.2) is 0 Å². The Hall–Kier alpha value is -1.80. The summed E-state index contributed by atoms with van der Waals surface area (Å²) in [6.45, 7) is 0.817. The van der Waals surface area contributed by atoms with E-state index >= 15 is 0 Å². The predicted octanol–water partition coefficient (Wildman–Crippen LogP) is 2.05. The van der Waals surface area contributed by atoms with Gasteiger partial charge < -0.3 is 0 Å². The van der Waals surface area contributed by atoms with E-state index < -0.39 is 10.0 Å². The van der Waals surface area contributed by atoms with Gasteiger partial charge in [0.25, 0.3) is 0 Å². The standard InChI is InChI=1S/C18H20FN3O2S/c19-16-9-5-4-8-14(16)18-15-12-22(11-10-17(15)20-21-18)25(23,24)13-6-2-1-3-7-13/h1-9,15,17-18,20-21H,10-12H2. The van der Waals surface area contributed by atoms with Gasteiger partial charge in [0, 0.05) is 30.6 Å². The fourth-order valence-corrected chi connectivity index (χ4v) is 5.28. The summed E-state index contributed by atoms with van der Waals surface area (Å²) in [5.74, 6) is -0.297. The molecular formula is C18H20FN3O2S. The Labute approximate surface area is 146 Å². The molecule has 5 nitrogen and oxygen atoms in total. The van der Waals surface area contributed by atoms with Gasteiger partial charge in [-0.05, 0) is 24.6 Å². The number of nitrogens with one attached hydrogen (secondary N) is 2. The highest BCUT2D eigenvalue weighted by atomic mass is 32.2. The molecular weight excluding hydrogens is 341 g/mol. The lowest BCUT2D eigenvalue weighted by molar-refractivity contribution is 0.233. The monoisotopic (exact) mass is 361 g/mol. The molecule has 2 N–H and O–H groups in total. The van der Waals surface area contributed by atoms with E-state index in [1.165, 1.54) is 10.4 Å². The van der Waals surface area contributed by atoms with Crippen LogP contribution in [0.15, 0.2) is 59.5 Å². The molecule has 2 saturated heterocycles. The average molecular weight is 361 g/mol. The van der Waals surface area contributed by atoms with Crippen LogP contribution in [-0.4, -0.2) is 31.9 Å². The van der Waals surface area contributed by atoms with Gasteiger partial charge >= 0.3 is 0 Å². The number of piperidine rings is 1. The smallest absolute Gasteiger partial charge is 0.243 e. The summed E-state index contributed by atoms with van der Waals surface area (Å²) in [5, 5.41) is 0. The van der Waals surface area contributed by atoms with Gasteiger partial charge in [-0.1, -0.05) is 36.4 Å². The van der Waals surface area contributed by atoms with Crippen molar-refractivity contribution < 1.29 is 12.8 Å². The van der Waals surface area contributed by atoms with Gasteiger partial charge in [-0.15, -0.1) is 0 Å². The van der Waals surface area contributed by atoms with Gasteiger partial charge in [-0.2, -0.15) is 4.31 Å². The van der Waals surface area contributed by atoms with Crippen molar-refractivity contribution >= 4 is 10.0 Å². The van der Waals surface area contributed by atoms with Gasteiger partial charge in [-0.25, -0.2) is 18.2 Å². The number of nitrogens with zero attached hydrogens (tertiary/aromatic N) is 1. The van der Waals surface area contributed by atoms with Crippen molar-refractivity contribution in [2.75, 3.05) is 13.1 Å². The largest absolute Gasteiger partial charge is 0.254 e. The molecule has 3 atom stereocenters. The third kappa shape index (κ3) is 2.97. The molecule has 0 aromatic heterocycles. The molecule has 0 saturated carbocycles. The summed E-state index contributed by atoms with van der Waals surface area (Å²) in [5.41, 5.74) is 6.93. The third-order valence-electron chi connectivity index (χ3n) is 5.09. The zero-order valence-corrected chi connectivity index (χ0v) is 14.4. The number of halogens is 1. The second-order valence-corrected chi connectivity index (χ2v) is 8.46. The number of sulfonamides is 1. The van der Waals surface area contributed by atoms with Gasteiger partial charge in [0.05, 0.1) is 10.9 Å². The van der Waals surface area contributed by atoms with Gasteiger partial charge in [-0.3, -0.25) is 5.43 Å². The van der Waals surface area contributed by atoms with E-state index in [0.29, 0.717) is 30.0 Å². The highest BCUT2D eigenvalue weighted by Crippen LogP contribution is 2.36. The minimum Gasteiger partial charge on any atom is -0.254 e. The summed E-state index contributed by atoms with van der Waals surface area (Å²) in [6, 6.07) is 15.0. The Morgan fingerprint density at radius 2 is 1.72 bits per heavy atom. The van der Waals surface area contributed by atoms with Crippen molar-refractivity contribution in [3.63, 3.8) is 0 Å². The van der Waals surface area contributed by atoms with E-state index in [1.54, 1.807) is 48.5 Å². The van der Waals surface area contributed by atoms with Crippen molar-refractivity contribution in [1.29, 1.82) is 0 Å². The Bertz CT molecular complexity index is 860. The molecule has 2 fully saturated rings. The van der Waals surface area contributed by atoms with Crippen LogP contribution >= 0.6 is 0 Å². The molecule has 2 aromatic carbocycles. The van der Waals surface area contributed by atoms with Crippen molar-refractivity contribution in [2.24, 2.45) is 5.92 Å². The topological polar surface area (TPSA) is 61.4 Å². The zero-order valence-electron chi connectivity index (χ0n) is 13.6. The lowest BCUT2D eigenvalue weighted by Gasteiger charge is -2.35. The first kappa shape index (κ1) is 16.7. The quantitative estimate of drug-likeness (QED) is 0.879. The number of rotatable bonds is 3. The van der Waals surface area contributed by atoms with Crippen molar-refractivity contribution in [1.82, 2.24) is 15.2 Å². The maximum Gasteiger partial charge on any atom is 0.243 e. The average Bonchev–Trinajstić information content (AvgIpc) is 3.06. The normalized spacial score (nSPS) is 27.2. The lowest BCUT2D eigenvalue weighted by atomic mass is 9.86. The van der Waals surface area contributed by atoms with E-state index in [1.807, 2.05) is 0 Å². The molecule has 0 radical (unpaired) electrons. The first-order chi connectivity index (χ1) is 12.1. The molecule has 132 valence electrons. The number of hydrogen-bond acceptors (Lipinski definition) is 4. The molecule has 2 aliphatic rings. The third-order valence-corrected chi connectivity index (χ3v) is 6.97. The number of hydrazine groups is 1. The molecule has 0 aliphatic carbocycles. The molecule has 7 heteroatoms. The highest BCUT2D eigenvalue weighted by Gasteiger charge is 2.44. The summed E-state index contributed by atoms with van der Waals surface area (Å²) in [4.78, 5) is 0.301. The van der Waals surface area contributed by atoms with Crippen LogP contribution in [-0.2, 0) is 10.0 Å². The van der Waals surface area contributed by atoms with Crippen LogP contribution in [0.4, 0.5) is 4.39 Å². The molecule has 3 unspecified atom stereocenters. The van der Waals surface area contributed by atoms with E-state index in [0.717, 1.165) is 0 Å². The van der Waals surface area contributed by atoms with Crippen molar-refractivity contribution in [3.8, 4) is 0 Å². The molecule has 4 rings (SSSR count). The number of fused-ring (bicyclic) bond motifs is 1. The van der Waals surface area contributed by atoms with Crippen LogP contribution in [0.25, 0.3) is 0 Å². The Morgan fingerprint density at radius 3 is 2.48 bits per heavy atom. The second kappa shape index (κ2) is 6.49. The second-order valence-electron chi connectivity index (χ2n) is 6.52. The summed E-state index contributed by atoms with van der Waals surface area (Å²) < 4.78 is 41.5. The Balaban J connectivity index is 1.61. The van der Waals surface area contributed by atoms with E-state index in [2.05, 4.69) is 10.9 Å². The lowest BCUT2D eigenvalue weighted by Crippen LogP contribution is -2.47. The summed E-state index contributed by atoms with van der Waals surface area (Å²) in [6.07, 6.45) is 0.689.